The van der Waals surface area contributed by atoms with Gasteiger partial charge in [0, 0.05) is 12.8 Å². The predicted octanol–water partition coefficient (Wildman–Crippen LogP) is 0.167. The molecule has 0 fully saturated rings. The highest BCUT2D eigenvalue weighted by atomic mass is 16.3. The molecule has 78 valence electrons. The number of aliphatic hydroxyl groups is 3. The van der Waals surface area contributed by atoms with Crippen molar-refractivity contribution in [3.8, 4) is 0 Å². The average molecular weight is 197 g/mol. The Hall–Kier alpha value is -0.970. The summed E-state index contributed by atoms with van der Waals surface area (Å²) in [6.07, 6.45) is -0.257. The van der Waals surface area contributed by atoms with E-state index >= 15 is 0 Å². The van der Waals surface area contributed by atoms with E-state index in [9.17, 15) is 10.2 Å². The molecule has 2 unspecified atom stereocenters. The molecule has 2 atom stereocenters. The quantitative estimate of drug-likeness (QED) is 0.643. The molecule has 0 saturated heterocycles. The molecule has 0 aromatic carbocycles. The van der Waals surface area contributed by atoms with Gasteiger partial charge in [0.2, 0.25) is 0 Å². The van der Waals surface area contributed by atoms with Gasteiger partial charge in [-0.1, -0.05) is 0 Å². The molecule has 0 radical (unpaired) electrons. The fourth-order valence-corrected chi connectivity index (χ4v) is 1.21. The summed E-state index contributed by atoms with van der Waals surface area (Å²) in [4.78, 5) is 3.95. The van der Waals surface area contributed by atoms with Crippen LogP contribution in [-0.4, -0.2) is 33.0 Å². The average Bonchev–Trinajstić information content (AvgIpc) is 2.17. The van der Waals surface area contributed by atoms with Crippen LogP contribution in [0.15, 0.2) is 18.3 Å². The van der Waals surface area contributed by atoms with Crippen molar-refractivity contribution in [2.45, 2.75) is 25.6 Å². The highest BCUT2D eigenvalue weighted by molar-refractivity contribution is 5.16. The Morgan fingerprint density at radius 1 is 1.43 bits per heavy atom. The van der Waals surface area contributed by atoms with Crippen LogP contribution in [0.3, 0.4) is 0 Å². The lowest BCUT2D eigenvalue weighted by Crippen LogP contribution is -2.20. The Labute approximate surface area is 82.9 Å². The number of aromatic nitrogens is 1. The van der Waals surface area contributed by atoms with Crippen LogP contribution < -0.4 is 0 Å². The molecule has 1 aromatic rings. The maximum absolute atomic E-state index is 9.62. The van der Waals surface area contributed by atoms with E-state index in [-0.39, 0.29) is 13.0 Å². The van der Waals surface area contributed by atoms with E-state index in [1.165, 1.54) is 0 Å². The van der Waals surface area contributed by atoms with Crippen molar-refractivity contribution in [1.29, 1.82) is 0 Å². The monoisotopic (exact) mass is 197 g/mol. The van der Waals surface area contributed by atoms with Gasteiger partial charge < -0.3 is 15.3 Å². The minimum absolute atomic E-state index is 0.149. The maximum Gasteiger partial charge on any atom is 0.122 e. The first-order chi connectivity index (χ1) is 6.65. The standard InChI is InChI=1S/C10H15NO3/c1-7-2-4-11-8(6-7)10(14)9(13)3-5-12/h2,4,6,9-10,12-14H,3,5H2,1H3. The van der Waals surface area contributed by atoms with E-state index in [0.29, 0.717) is 5.69 Å². The Kier molecular flexibility index (Phi) is 4.00. The number of aryl methyl sites for hydroxylation is 1. The van der Waals surface area contributed by atoms with Crippen LogP contribution in [0.5, 0.6) is 0 Å². The molecule has 0 amide bonds. The van der Waals surface area contributed by atoms with E-state index in [1.54, 1.807) is 12.3 Å². The Morgan fingerprint density at radius 3 is 2.71 bits per heavy atom. The van der Waals surface area contributed by atoms with Crippen molar-refractivity contribution in [2.24, 2.45) is 0 Å². The van der Waals surface area contributed by atoms with Crippen LogP contribution >= 0.6 is 0 Å². The molecule has 1 heterocycles. The number of nitrogens with zero attached hydrogens (tertiary/aromatic N) is 1. The number of hydrogen-bond donors (Lipinski definition) is 3. The summed E-state index contributed by atoms with van der Waals surface area (Å²) in [6, 6.07) is 3.53. The van der Waals surface area contributed by atoms with Crippen molar-refractivity contribution in [3.63, 3.8) is 0 Å². The topological polar surface area (TPSA) is 73.6 Å². The molecule has 3 N–H and O–H groups in total. The van der Waals surface area contributed by atoms with Crippen LogP contribution in [0.4, 0.5) is 0 Å². The molecule has 0 saturated carbocycles. The second-order valence-corrected chi connectivity index (χ2v) is 3.28. The van der Waals surface area contributed by atoms with E-state index in [4.69, 9.17) is 5.11 Å². The van der Waals surface area contributed by atoms with Gasteiger partial charge in [-0.15, -0.1) is 0 Å². The molecule has 1 aromatic heterocycles. The smallest absolute Gasteiger partial charge is 0.122 e. The van der Waals surface area contributed by atoms with Gasteiger partial charge >= 0.3 is 0 Å². The maximum atomic E-state index is 9.62. The van der Waals surface area contributed by atoms with Gasteiger partial charge in [-0.25, -0.2) is 0 Å². The minimum atomic E-state index is -1.03. The van der Waals surface area contributed by atoms with Gasteiger partial charge in [-0.05, 0) is 31.0 Å². The molecule has 4 nitrogen and oxygen atoms in total. The van der Waals surface area contributed by atoms with Crippen LogP contribution in [0.2, 0.25) is 0 Å². The van der Waals surface area contributed by atoms with Gasteiger partial charge in [-0.2, -0.15) is 0 Å². The van der Waals surface area contributed by atoms with E-state index < -0.39 is 12.2 Å². The van der Waals surface area contributed by atoms with Crippen molar-refractivity contribution in [1.82, 2.24) is 4.98 Å². The van der Waals surface area contributed by atoms with Gasteiger partial charge in [0.05, 0.1) is 11.8 Å². The first-order valence-corrected chi connectivity index (χ1v) is 4.54. The van der Waals surface area contributed by atoms with E-state index in [1.807, 2.05) is 13.0 Å². The molecule has 0 spiro atoms. The van der Waals surface area contributed by atoms with Crippen molar-refractivity contribution >= 4 is 0 Å². The van der Waals surface area contributed by atoms with Crippen LogP contribution in [0.25, 0.3) is 0 Å². The molecule has 0 aliphatic rings. The summed E-state index contributed by atoms with van der Waals surface area (Å²) in [5.41, 5.74) is 1.41. The normalized spacial score (nSPS) is 15.1. The summed E-state index contributed by atoms with van der Waals surface area (Å²) in [5.74, 6) is 0. The molecule has 4 heteroatoms. The lowest BCUT2D eigenvalue weighted by Gasteiger charge is -2.16. The molecule has 0 aliphatic carbocycles. The zero-order valence-corrected chi connectivity index (χ0v) is 8.09. The van der Waals surface area contributed by atoms with Gasteiger partial charge in [0.25, 0.3) is 0 Å². The summed E-state index contributed by atoms with van der Waals surface area (Å²) in [6.45, 7) is 1.74. The number of pyridine rings is 1. The van der Waals surface area contributed by atoms with E-state index in [0.717, 1.165) is 5.56 Å². The third-order valence-corrected chi connectivity index (χ3v) is 2.03. The van der Waals surface area contributed by atoms with Crippen molar-refractivity contribution in [3.05, 3.63) is 29.6 Å². The molecular formula is C10H15NO3. The molecule has 1 rings (SSSR count). The number of hydrogen-bond acceptors (Lipinski definition) is 4. The van der Waals surface area contributed by atoms with E-state index in [2.05, 4.69) is 4.98 Å². The molecular weight excluding hydrogens is 182 g/mol. The molecule has 14 heavy (non-hydrogen) atoms. The van der Waals surface area contributed by atoms with Gasteiger partial charge in [0.15, 0.2) is 0 Å². The van der Waals surface area contributed by atoms with Crippen LogP contribution in [0.1, 0.15) is 23.8 Å². The summed E-state index contributed by atoms with van der Waals surface area (Å²) in [7, 11) is 0. The van der Waals surface area contributed by atoms with Crippen molar-refractivity contribution in [2.75, 3.05) is 6.61 Å². The zero-order valence-electron chi connectivity index (χ0n) is 8.09. The first-order valence-electron chi connectivity index (χ1n) is 4.54. The lowest BCUT2D eigenvalue weighted by atomic mass is 10.1. The first kappa shape index (κ1) is 11.1. The van der Waals surface area contributed by atoms with Crippen LogP contribution in [0, 0.1) is 6.92 Å². The Morgan fingerprint density at radius 2 is 2.14 bits per heavy atom. The summed E-state index contributed by atoms with van der Waals surface area (Å²) in [5, 5.41) is 27.6. The Balaban J connectivity index is 2.73. The minimum Gasteiger partial charge on any atom is -0.396 e. The fraction of sp³-hybridized carbons (Fsp3) is 0.500. The lowest BCUT2D eigenvalue weighted by molar-refractivity contribution is 0.00189. The SMILES string of the molecule is Cc1ccnc(C(O)C(O)CCO)c1. The predicted molar refractivity (Wildman–Crippen MR) is 51.6 cm³/mol. The third-order valence-electron chi connectivity index (χ3n) is 2.03. The number of aliphatic hydroxyl groups excluding tert-OH is 3. The van der Waals surface area contributed by atoms with Crippen LogP contribution in [-0.2, 0) is 0 Å². The Bertz CT molecular complexity index is 290. The highest BCUT2D eigenvalue weighted by Crippen LogP contribution is 2.17. The highest BCUT2D eigenvalue weighted by Gasteiger charge is 2.18. The van der Waals surface area contributed by atoms with Gasteiger partial charge in [-0.3, -0.25) is 4.98 Å². The second kappa shape index (κ2) is 5.05. The second-order valence-electron chi connectivity index (χ2n) is 3.28. The largest absolute Gasteiger partial charge is 0.396 e. The fourth-order valence-electron chi connectivity index (χ4n) is 1.21. The van der Waals surface area contributed by atoms with Crippen molar-refractivity contribution < 1.29 is 15.3 Å². The molecule has 0 bridgehead atoms. The molecule has 0 aliphatic heterocycles. The summed E-state index contributed by atoms with van der Waals surface area (Å²) < 4.78 is 0. The zero-order chi connectivity index (χ0) is 10.6. The third kappa shape index (κ3) is 2.77. The number of rotatable bonds is 4. The van der Waals surface area contributed by atoms with Gasteiger partial charge in [0.1, 0.15) is 6.10 Å². The summed E-state index contributed by atoms with van der Waals surface area (Å²) >= 11 is 0.